The van der Waals surface area contributed by atoms with E-state index in [2.05, 4.69) is 16.3 Å². The van der Waals surface area contributed by atoms with Crippen LogP contribution >= 0.6 is 0 Å². The summed E-state index contributed by atoms with van der Waals surface area (Å²) in [6.07, 6.45) is -0.563. The van der Waals surface area contributed by atoms with Crippen LogP contribution in [0.15, 0.2) is 0 Å². The van der Waals surface area contributed by atoms with Crippen LogP contribution in [0.25, 0.3) is 0 Å². The van der Waals surface area contributed by atoms with E-state index in [1.807, 2.05) is 34.6 Å². The summed E-state index contributed by atoms with van der Waals surface area (Å²) >= 11 is 2.56. The van der Waals surface area contributed by atoms with Gasteiger partial charge in [-0.25, -0.2) is 0 Å². The van der Waals surface area contributed by atoms with Crippen molar-refractivity contribution in [1.82, 2.24) is 0 Å². The fourth-order valence-electron chi connectivity index (χ4n) is 1.37. The second kappa shape index (κ2) is 15.0. The Bertz CT molecular complexity index is 368. The van der Waals surface area contributed by atoms with Crippen molar-refractivity contribution in [2.24, 2.45) is 0 Å². The molecule has 8 nitrogen and oxygen atoms in total. The van der Waals surface area contributed by atoms with Crippen LogP contribution < -0.4 is 10.2 Å². The molecular formula is C16H27AlO8. The van der Waals surface area contributed by atoms with Crippen molar-refractivity contribution in [3.8, 4) is 0 Å². The first-order valence-electron chi connectivity index (χ1n) is 7.62. The Balaban J connectivity index is -0.000000304. The minimum atomic E-state index is -1.31. The van der Waals surface area contributed by atoms with Gasteiger partial charge in [0, 0.05) is 24.8 Å². The van der Waals surface area contributed by atoms with E-state index in [0.717, 1.165) is 0 Å². The molecule has 0 amide bonds. The van der Waals surface area contributed by atoms with E-state index in [-0.39, 0.29) is 23.8 Å². The number of aliphatic carboxylic acids is 2. The number of hydrogen-bond donors (Lipinski definition) is 0. The van der Waals surface area contributed by atoms with Crippen molar-refractivity contribution in [1.29, 1.82) is 0 Å². The molecule has 0 aromatic carbocycles. The van der Waals surface area contributed by atoms with Crippen LogP contribution in [0.3, 0.4) is 0 Å². The molecular weight excluding hydrogens is 347 g/mol. The molecule has 0 rings (SSSR count). The zero-order valence-corrected chi connectivity index (χ0v) is 17.1. The summed E-state index contributed by atoms with van der Waals surface area (Å²) in [4.78, 5) is 38.6. The first kappa shape index (κ1) is 28.5. The summed E-state index contributed by atoms with van der Waals surface area (Å²) in [6.45, 7) is 12.3. The Morgan fingerprint density at radius 1 is 0.840 bits per heavy atom. The predicted octanol–water partition coefficient (Wildman–Crippen LogP) is -0.891. The number of carbonyl (C=O) groups excluding carboxylic acids is 4. The molecule has 0 spiro atoms. The summed E-state index contributed by atoms with van der Waals surface area (Å²) in [5, 5.41) is 19.0. The number of rotatable bonds is 8. The molecule has 0 saturated heterocycles. The van der Waals surface area contributed by atoms with Gasteiger partial charge in [-0.15, -0.1) is 0 Å². The number of Topliss-reactive ketones (excluding diaryl/α,β-unsaturated/α-hetero) is 2. The van der Waals surface area contributed by atoms with E-state index >= 15 is 0 Å². The SMILES string of the molecule is CC(=O)CC(=O)[O-].CC(=O)CC(=O)[O-].CC(C)O[C](C)([Al+2])OC(C)C. The van der Waals surface area contributed by atoms with Crippen molar-refractivity contribution in [2.45, 2.75) is 78.2 Å². The van der Waals surface area contributed by atoms with Crippen molar-refractivity contribution >= 4 is 39.8 Å². The normalized spacial score (nSPS) is 10.4. The monoisotopic (exact) mass is 374 g/mol. The van der Waals surface area contributed by atoms with Crippen LogP contribution in [0, 0.1) is 0 Å². The van der Waals surface area contributed by atoms with Crippen LogP contribution in [-0.2, 0) is 28.7 Å². The minimum absolute atomic E-state index is 0.191. The third-order valence-corrected chi connectivity index (χ3v) is 2.00. The van der Waals surface area contributed by atoms with E-state index in [1.54, 1.807) is 0 Å². The van der Waals surface area contributed by atoms with Gasteiger partial charge in [-0.05, 0) is 13.8 Å². The zero-order chi connectivity index (χ0) is 20.8. The second-order valence-corrected chi connectivity index (χ2v) is 6.90. The van der Waals surface area contributed by atoms with E-state index in [9.17, 15) is 29.4 Å². The van der Waals surface area contributed by atoms with Crippen molar-refractivity contribution in [3.63, 3.8) is 0 Å². The average Bonchev–Trinajstić information content (AvgIpc) is 2.21. The molecule has 142 valence electrons. The molecule has 0 heterocycles. The predicted molar refractivity (Wildman–Crippen MR) is 87.2 cm³/mol. The summed E-state index contributed by atoms with van der Waals surface area (Å²) in [6, 6.07) is 0. The summed E-state index contributed by atoms with van der Waals surface area (Å²) in [5.41, 5.74) is 0. The first-order valence-corrected chi connectivity index (χ1v) is 8.19. The van der Waals surface area contributed by atoms with Crippen molar-refractivity contribution < 1.29 is 38.9 Å². The molecule has 25 heavy (non-hydrogen) atoms. The number of carboxylic acid groups (broad SMARTS) is 2. The van der Waals surface area contributed by atoms with Crippen LogP contribution in [-0.4, -0.2) is 56.7 Å². The molecule has 0 atom stereocenters. The van der Waals surface area contributed by atoms with E-state index in [0.29, 0.717) is 0 Å². The third-order valence-electron chi connectivity index (χ3n) is 1.73. The maximum atomic E-state index is 9.83. The number of hydrogen-bond acceptors (Lipinski definition) is 8. The van der Waals surface area contributed by atoms with E-state index in [4.69, 9.17) is 9.47 Å². The molecule has 0 bridgehead atoms. The number of ketones is 2. The Labute approximate surface area is 157 Å². The van der Waals surface area contributed by atoms with Gasteiger partial charge in [-0.2, -0.15) is 0 Å². The number of carbonyl (C=O) groups is 4. The Morgan fingerprint density at radius 2 is 1.08 bits per heavy atom. The van der Waals surface area contributed by atoms with Gasteiger partial charge in [-0.3, -0.25) is 9.59 Å². The molecule has 0 aromatic heterocycles. The Hall–Kier alpha value is -1.27. The molecule has 0 aliphatic rings. The molecule has 0 aromatic rings. The summed E-state index contributed by atoms with van der Waals surface area (Å²) < 4.78 is 10.4. The van der Waals surface area contributed by atoms with Gasteiger partial charge < -0.3 is 19.8 Å². The van der Waals surface area contributed by atoms with Gasteiger partial charge in [0.2, 0.25) is 0 Å². The third kappa shape index (κ3) is 34.9. The van der Waals surface area contributed by atoms with Crippen LogP contribution in [0.2, 0.25) is 0 Å². The van der Waals surface area contributed by atoms with Gasteiger partial charge in [0.25, 0.3) is 0 Å². The zero-order valence-electron chi connectivity index (χ0n) is 15.9. The quantitative estimate of drug-likeness (QED) is 0.303. The molecule has 0 saturated carbocycles. The standard InChI is InChI=1S/C8H17O2.2C4H6O3.Al/c1-6(2)9-8(5)10-7(3)4;2*1-3(5)2-4(6)7;/h6-7H,1-5H3;2*2H2,1H3,(H,6,7);/q;;;+2/p-2. The number of carboxylic acids is 2. The molecule has 0 radical (unpaired) electrons. The van der Waals surface area contributed by atoms with Gasteiger partial charge in [-0.1, -0.05) is 0 Å². The second-order valence-electron chi connectivity index (χ2n) is 5.85. The van der Waals surface area contributed by atoms with Gasteiger partial charge in [0.15, 0.2) is 0 Å². The molecule has 0 aliphatic carbocycles. The first-order chi connectivity index (χ1) is 11.1. The average molecular weight is 374 g/mol. The van der Waals surface area contributed by atoms with E-state index in [1.165, 1.54) is 13.8 Å². The summed E-state index contributed by atoms with van der Waals surface area (Å²) in [5.74, 6) is -3.37. The molecule has 0 aliphatic heterocycles. The molecule has 0 N–H and O–H groups in total. The van der Waals surface area contributed by atoms with Crippen molar-refractivity contribution in [2.75, 3.05) is 0 Å². The topological polar surface area (TPSA) is 133 Å². The molecule has 0 fully saturated rings. The van der Waals surface area contributed by atoms with Crippen LogP contribution in [0.1, 0.15) is 61.3 Å². The van der Waals surface area contributed by atoms with Crippen molar-refractivity contribution in [3.05, 3.63) is 0 Å². The van der Waals surface area contributed by atoms with Crippen LogP contribution in [0.4, 0.5) is 0 Å². The number of ether oxygens (including phenoxy) is 2. The van der Waals surface area contributed by atoms with Gasteiger partial charge in [0.05, 0.1) is 0 Å². The van der Waals surface area contributed by atoms with E-state index < -0.39 is 29.4 Å². The Kier molecular flexibility index (Phi) is 17.1. The maximum absolute atomic E-state index is 9.83. The fraction of sp³-hybridized carbons (Fsp3) is 0.750. The van der Waals surface area contributed by atoms with Gasteiger partial charge in [0.1, 0.15) is 11.6 Å². The Morgan fingerprint density at radius 3 is 1.16 bits per heavy atom. The fourth-order valence-corrected chi connectivity index (χ4v) is 1.91. The molecule has 9 heteroatoms. The molecule has 0 unspecified atom stereocenters. The van der Waals surface area contributed by atoms with Gasteiger partial charge >= 0.3 is 77.2 Å². The summed E-state index contributed by atoms with van der Waals surface area (Å²) in [7, 11) is 0. The van der Waals surface area contributed by atoms with Crippen LogP contribution in [0.5, 0.6) is 0 Å².